The van der Waals surface area contributed by atoms with E-state index in [-0.39, 0.29) is 28.4 Å². The van der Waals surface area contributed by atoms with Crippen molar-refractivity contribution in [3.8, 4) is 5.75 Å². The van der Waals surface area contributed by atoms with Crippen LogP contribution in [-0.4, -0.2) is 21.2 Å². The predicted octanol–water partition coefficient (Wildman–Crippen LogP) is 2.19. The van der Waals surface area contributed by atoms with E-state index in [1.807, 2.05) is 0 Å². The van der Waals surface area contributed by atoms with Gasteiger partial charge in [-0.2, -0.15) is 0 Å². The molecule has 0 amide bonds. The molecule has 19 heavy (non-hydrogen) atoms. The molecular weight excluding hydrogens is 242 g/mol. The molecule has 0 radical (unpaired) electrons. The summed E-state index contributed by atoms with van der Waals surface area (Å²) in [6.45, 7) is 0. The molecule has 1 aliphatic rings. The molecule has 0 spiro atoms. The van der Waals surface area contributed by atoms with E-state index >= 15 is 0 Å². The van der Waals surface area contributed by atoms with Crippen LogP contribution in [0.15, 0.2) is 42.6 Å². The smallest absolute Gasteiger partial charge is 0.199 e. The molecule has 0 bridgehead atoms. The summed E-state index contributed by atoms with van der Waals surface area (Å²) in [6, 6.07) is 8.09. The molecule has 1 N–H and O–H groups in total. The minimum absolute atomic E-state index is 0.0891. The van der Waals surface area contributed by atoms with Gasteiger partial charge in [-0.05, 0) is 24.3 Å². The normalized spacial score (nSPS) is 14.3. The Kier molecular flexibility index (Phi) is 2.38. The summed E-state index contributed by atoms with van der Waals surface area (Å²) in [7, 11) is 1.80. The summed E-state index contributed by atoms with van der Waals surface area (Å²) < 4.78 is 1.77. The zero-order chi connectivity index (χ0) is 13.6. The van der Waals surface area contributed by atoms with Crippen LogP contribution in [0.25, 0.3) is 5.57 Å². The number of nitrogens with zero attached hydrogens (tertiary/aromatic N) is 1. The summed E-state index contributed by atoms with van der Waals surface area (Å²) in [5.41, 5.74) is 1.31. The van der Waals surface area contributed by atoms with Crippen molar-refractivity contribution in [1.29, 1.82) is 0 Å². The average molecular weight is 253 g/mol. The SMILES string of the molecule is Cn1cccc1C1=CC(=O)c2cccc(O)c2C1=O. The van der Waals surface area contributed by atoms with Gasteiger partial charge in [-0.3, -0.25) is 9.59 Å². The molecule has 0 atom stereocenters. The van der Waals surface area contributed by atoms with E-state index in [1.54, 1.807) is 42.1 Å². The lowest BCUT2D eigenvalue weighted by atomic mass is 9.87. The molecular formula is C15H11NO3. The first-order chi connectivity index (χ1) is 9.09. The number of hydrogen-bond acceptors (Lipinski definition) is 3. The Morgan fingerprint density at radius 3 is 2.58 bits per heavy atom. The number of allylic oxidation sites excluding steroid dienone is 2. The molecule has 1 aromatic carbocycles. The molecule has 0 saturated heterocycles. The molecule has 2 aromatic rings. The Morgan fingerprint density at radius 2 is 1.89 bits per heavy atom. The first kappa shape index (κ1) is 11.5. The highest BCUT2D eigenvalue weighted by molar-refractivity contribution is 6.39. The van der Waals surface area contributed by atoms with E-state index < -0.39 is 0 Å². The first-order valence-electron chi connectivity index (χ1n) is 5.84. The van der Waals surface area contributed by atoms with Gasteiger partial charge in [-0.15, -0.1) is 0 Å². The van der Waals surface area contributed by atoms with Gasteiger partial charge in [0.2, 0.25) is 0 Å². The molecule has 1 aliphatic carbocycles. The molecule has 0 aliphatic heterocycles. The number of ketones is 2. The van der Waals surface area contributed by atoms with Gasteiger partial charge in [0.05, 0.1) is 16.8 Å². The van der Waals surface area contributed by atoms with Crippen molar-refractivity contribution in [1.82, 2.24) is 4.57 Å². The summed E-state index contributed by atoms with van der Waals surface area (Å²) in [5.74, 6) is -0.744. The summed E-state index contributed by atoms with van der Waals surface area (Å²) in [4.78, 5) is 24.5. The quantitative estimate of drug-likeness (QED) is 0.847. The number of Topliss-reactive ketones (excluding diaryl/α,β-unsaturated/α-hetero) is 1. The van der Waals surface area contributed by atoms with Gasteiger partial charge in [0.1, 0.15) is 5.75 Å². The number of carbonyl (C=O) groups excluding carboxylic acids is 2. The van der Waals surface area contributed by atoms with Crippen LogP contribution in [0.2, 0.25) is 0 Å². The molecule has 4 heteroatoms. The second-order valence-electron chi connectivity index (χ2n) is 4.46. The number of phenols is 1. The summed E-state index contributed by atoms with van der Waals surface area (Å²) >= 11 is 0. The van der Waals surface area contributed by atoms with Gasteiger partial charge in [0, 0.05) is 18.8 Å². The Morgan fingerprint density at radius 1 is 1.11 bits per heavy atom. The number of benzene rings is 1. The van der Waals surface area contributed by atoms with Crippen molar-refractivity contribution >= 4 is 17.1 Å². The molecule has 1 aromatic heterocycles. The Balaban J connectivity index is 2.23. The Hall–Kier alpha value is -2.62. The van der Waals surface area contributed by atoms with Gasteiger partial charge >= 0.3 is 0 Å². The Labute approximate surface area is 109 Å². The maximum absolute atomic E-state index is 12.4. The largest absolute Gasteiger partial charge is 0.507 e. The minimum Gasteiger partial charge on any atom is -0.507 e. The zero-order valence-electron chi connectivity index (χ0n) is 10.3. The maximum atomic E-state index is 12.4. The van der Waals surface area contributed by atoms with Crippen molar-refractivity contribution in [3.05, 3.63) is 59.4 Å². The lowest BCUT2D eigenvalue weighted by Gasteiger charge is -2.16. The molecule has 4 nitrogen and oxygen atoms in total. The van der Waals surface area contributed by atoms with E-state index in [9.17, 15) is 14.7 Å². The van der Waals surface area contributed by atoms with Gasteiger partial charge in [-0.25, -0.2) is 0 Å². The standard InChI is InChI=1S/C15H11NO3/c1-16-7-3-5-11(16)10-8-13(18)9-4-2-6-12(17)14(9)15(10)19/h2-8,17H,1H3. The monoisotopic (exact) mass is 253 g/mol. The first-order valence-corrected chi connectivity index (χ1v) is 5.84. The van der Waals surface area contributed by atoms with Crippen LogP contribution in [0.1, 0.15) is 26.4 Å². The average Bonchev–Trinajstić information content (AvgIpc) is 2.80. The topological polar surface area (TPSA) is 59.3 Å². The van der Waals surface area contributed by atoms with E-state index in [4.69, 9.17) is 0 Å². The Bertz CT molecular complexity index is 738. The molecule has 94 valence electrons. The minimum atomic E-state index is -0.325. The molecule has 1 heterocycles. The van der Waals surface area contributed by atoms with Crippen molar-refractivity contribution < 1.29 is 14.7 Å². The molecule has 3 rings (SSSR count). The van der Waals surface area contributed by atoms with E-state index in [1.165, 1.54) is 12.1 Å². The van der Waals surface area contributed by atoms with Gasteiger partial charge < -0.3 is 9.67 Å². The zero-order valence-corrected chi connectivity index (χ0v) is 10.3. The van der Waals surface area contributed by atoms with Crippen molar-refractivity contribution in [3.63, 3.8) is 0 Å². The number of phenolic OH excluding ortho intramolecular Hbond substituents is 1. The third-order valence-corrected chi connectivity index (χ3v) is 3.27. The predicted molar refractivity (Wildman–Crippen MR) is 70.2 cm³/mol. The molecule has 0 fully saturated rings. The van der Waals surface area contributed by atoms with Crippen LogP contribution in [0, 0.1) is 0 Å². The van der Waals surface area contributed by atoms with Crippen molar-refractivity contribution in [2.75, 3.05) is 0 Å². The van der Waals surface area contributed by atoms with Crippen LogP contribution >= 0.6 is 0 Å². The van der Waals surface area contributed by atoms with Crippen LogP contribution in [0.3, 0.4) is 0 Å². The highest BCUT2D eigenvalue weighted by atomic mass is 16.3. The lowest BCUT2D eigenvalue weighted by molar-refractivity contribution is 0.0999. The van der Waals surface area contributed by atoms with E-state index in [0.717, 1.165) is 0 Å². The molecule has 0 saturated carbocycles. The fourth-order valence-electron chi connectivity index (χ4n) is 2.32. The third kappa shape index (κ3) is 1.61. The number of rotatable bonds is 1. The van der Waals surface area contributed by atoms with E-state index in [2.05, 4.69) is 0 Å². The number of carbonyl (C=O) groups is 2. The fourth-order valence-corrected chi connectivity index (χ4v) is 2.32. The molecule has 0 unspecified atom stereocenters. The highest BCUT2D eigenvalue weighted by Crippen LogP contribution is 2.32. The number of aromatic nitrogens is 1. The van der Waals surface area contributed by atoms with Crippen LogP contribution < -0.4 is 0 Å². The van der Waals surface area contributed by atoms with Gasteiger partial charge in [-0.1, -0.05) is 12.1 Å². The number of fused-ring (bicyclic) bond motifs is 1. The second kappa shape index (κ2) is 3.95. The lowest BCUT2D eigenvalue weighted by Crippen LogP contribution is -2.17. The second-order valence-corrected chi connectivity index (χ2v) is 4.46. The fraction of sp³-hybridized carbons (Fsp3) is 0.0667. The number of hydrogen-bond donors (Lipinski definition) is 1. The van der Waals surface area contributed by atoms with Gasteiger partial charge in [0.15, 0.2) is 11.6 Å². The van der Waals surface area contributed by atoms with Crippen molar-refractivity contribution in [2.24, 2.45) is 7.05 Å². The van der Waals surface area contributed by atoms with Crippen molar-refractivity contribution in [2.45, 2.75) is 0 Å². The van der Waals surface area contributed by atoms with E-state index in [0.29, 0.717) is 11.3 Å². The summed E-state index contributed by atoms with van der Waals surface area (Å²) in [5, 5.41) is 9.82. The van der Waals surface area contributed by atoms with Crippen LogP contribution in [0.5, 0.6) is 5.75 Å². The van der Waals surface area contributed by atoms with Crippen LogP contribution in [0.4, 0.5) is 0 Å². The number of aromatic hydroxyl groups is 1. The maximum Gasteiger partial charge on any atom is 0.199 e. The highest BCUT2D eigenvalue weighted by Gasteiger charge is 2.29. The van der Waals surface area contributed by atoms with Crippen LogP contribution in [-0.2, 0) is 7.05 Å². The third-order valence-electron chi connectivity index (χ3n) is 3.27. The summed E-state index contributed by atoms with van der Waals surface area (Å²) in [6.07, 6.45) is 3.13. The number of aryl methyl sites for hydroxylation is 1. The van der Waals surface area contributed by atoms with Gasteiger partial charge in [0.25, 0.3) is 0 Å².